The second kappa shape index (κ2) is 8.37. The third-order valence-corrected chi connectivity index (χ3v) is 6.42. The lowest BCUT2D eigenvalue weighted by molar-refractivity contribution is -0.133. The van der Waals surface area contributed by atoms with E-state index in [1.165, 1.54) is 38.5 Å². The van der Waals surface area contributed by atoms with E-state index < -0.39 is 0 Å². The largest absolute Gasteiger partial charge is 0.340 e. The van der Waals surface area contributed by atoms with Gasteiger partial charge < -0.3 is 10.2 Å². The molecule has 0 radical (unpaired) electrons. The van der Waals surface area contributed by atoms with Gasteiger partial charge in [0.25, 0.3) is 0 Å². The second-order valence-electron chi connectivity index (χ2n) is 7.66. The van der Waals surface area contributed by atoms with Crippen LogP contribution in [0.3, 0.4) is 0 Å². The number of hydrogen-bond acceptors (Lipinski definition) is 3. The summed E-state index contributed by atoms with van der Waals surface area (Å²) in [6.07, 6.45) is 8.98. The predicted molar refractivity (Wildman–Crippen MR) is 97.5 cm³/mol. The molecule has 4 rings (SSSR count). The minimum absolute atomic E-state index is 0. The lowest BCUT2D eigenvalue weighted by Gasteiger charge is -2.41. The molecule has 4 fully saturated rings. The van der Waals surface area contributed by atoms with Crippen molar-refractivity contribution < 1.29 is 4.79 Å². The molecule has 23 heavy (non-hydrogen) atoms. The quantitative estimate of drug-likeness (QED) is 0.835. The molecule has 2 aliphatic carbocycles. The summed E-state index contributed by atoms with van der Waals surface area (Å²) in [5.41, 5.74) is 0. The summed E-state index contributed by atoms with van der Waals surface area (Å²) in [4.78, 5) is 17.2. The molecule has 1 amide bonds. The minimum Gasteiger partial charge on any atom is -0.340 e. The molecule has 0 aromatic carbocycles. The molecule has 2 aliphatic heterocycles. The average molecular weight is 364 g/mol. The fraction of sp³-hybridized carbons (Fsp3) is 0.941. The fourth-order valence-corrected chi connectivity index (χ4v) is 5.23. The normalized spacial score (nSPS) is 36.6. The molecule has 2 bridgehead atoms. The molecule has 2 saturated heterocycles. The number of carbonyl (C=O) groups is 1. The fourth-order valence-electron chi connectivity index (χ4n) is 5.23. The predicted octanol–water partition coefficient (Wildman–Crippen LogP) is 2.30. The first-order valence-electron chi connectivity index (χ1n) is 9.05. The van der Waals surface area contributed by atoms with Crippen LogP contribution in [0.2, 0.25) is 0 Å². The van der Waals surface area contributed by atoms with Crippen molar-refractivity contribution in [2.45, 2.75) is 57.0 Å². The zero-order valence-electron chi connectivity index (χ0n) is 13.9. The van der Waals surface area contributed by atoms with Crippen LogP contribution in [0.25, 0.3) is 0 Å². The molecule has 4 unspecified atom stereocenters. The molecule has 4 atom stereocenters. The number of hydrogen-bond donors (Lipinski definition) is 1. The van der Waals surface area contributed by atoms with Crippen LogP contribution in [0.4, 0.5) is 0 Å². The van der Waals surface area contributed by atoms with Crippen LogP contribution in [0.1, 0.15) is 44.9 Å². The topological polar surface area (TPSA) is 35.6 Å². The van der Waals surface area contributed by atoms with E-state index in [1.807, 2.05) is 0 Å². The Labute approximate surface area is 152 Å². The molecule has 4 nitrogen and oxygen atoms in total. The highest BCUT2D eigenvalue weighted by atomic mass is 35.5. The lowest BCUT2D eigenvalue weighted by Crippen LogP contribution is -2.53. The second-order valence-corrected chi connectivity index (χ2v) is 7.66. The van der Waals surface area contributed by atoms with E-state index in [0.717, 1.165) is 50.6 Å². The van der Waals surface area contributed by atoms with Gasteiger partial charge in [0.2, 0.25) is 5.91 Å². The van der Waals surface area contributed by atoms with Crippen molar-refractivity contribution in [3.8, 4) is 0 Å². The highest BCUT2D eigenvalue weighted by molar-refractivity contribution is 5.85. The van der Waals surface area contributed by atoms with Crippen LogP contribution in [0, 0.1) is 11.8 Å². The smallest absolute Gasteiger partial charge is 0.224 e. The maximum atomic E-state index is 12.4. The van der Waals surface area contributed by atoms with Crippen LogP contribution >= 0.6 is 24.8 Å². The Kier molecular flexibility index (Phi) is 7.02. The summed E-state index contributed by atoms with van der Waals surface area (Å²) in [5, 5.41) is 3.44. The van der Waals surface area contributed by atoms with E-state index in [2.05, 4.69) is 15.1 Å². The monoisotopic (exact) mass is 363 g/mol. The van der Waals surface area contributed by atoms with Gasteiger partial charge in [-0.05, 0) is 50.5 Å². The number of halogens is 2. The Hall–Kier alpha value is -0.0300. The molecular weight excluding hydrogens is 333 g/mol. The van der Waals surface area contributed by atoms with Crippen LogP contribution in [0.5, 0.6) is 0 Å². The van der Waals surface area contributed by atoms with Gasteiger partial charge in [-0.1, -0.05) is 6.42 Å². The van der Waals surface area contributed by atoms with E-state index in [0.29, 0.717) is 18.4 Å². The van der Waals surface area contributed by atoms with Gasteiger partial charge in [-0.15, -0.1) is 24.8 Å². The highest BCUT2D eigenvalue weighted by Crippen LogP contribution is 2.46. The van der Waals surface area contributed by atoms with Gasteiger partial charge in [-0.2, -0.15) is 0 Å². The maximum Gasteiger partial charge on any atom is 0.224 e. The summed E-state index contributed by atoms with van der Waals surface area (Å²) in [6, 6.07) is 1.29. The van der Waals surface area contributed by atoms with Gasteiger partial charge in [-0.3, -0.25) is 9.69 Å². The summed E-state index contributed by atoms with van der Waals surface area (Å²) in [6.45, 7) is 5.23. The molecule has 1 N–H and O–H groups in total. The maximum absolute atomic E-state index is 12.4. The molecule has 6 heteroatoms. The Morgan fingerprint density at radius 1 is 1.00 bits per heavy atom. The minimum atomic E-state index is 0. The van der Waals surface area contributed by atoms with Crippen molar-refractivity contribution >= 4 is 30.7 Å². The Morgan fingerprint density at radius 2 is 1.78 bits per heavy atom. The van der Waals surface area contributed by atoms with Crippen molar-refractivity contribution in [3.63, 3.8) is 0 Å². The molecule has 0 spiro atoms. The van der Waals surface area contributed by atoms with Crippen molar-refractivity contribution in [3.05, 3.63) is 0 Å². The summed E-state index contributed by atoms with van der Waals surface area (Å²) in [7, 11) is 0. The van der Waals surface area contributed by atoms with Crippen LogP contribution in [0.15, 0.2) is 0 Å². The first-order chi connectivity index (χ1) is 10.3. The number of nitrogens with zero attached hydrogens (tertiary/aromatic N) is 2. The molecular formula is C17H31Cl2N3O. The van der Waals surface area contributed by atoms with E-state index in [-0.39, 0.29) is 24.8 Å². The summed E-state index contributed by atoms with van der Waals surface area (Å²) >= 11 is 0. The summed E-state index contributed by atoms with van der Waals surface area (Å²) in [5.74, 6) is 2.37. The molecule has 4 aliphatic rings. The Morgan fingerprint density at radius 3 is 2.35 bits per heavy atom. The van der Waals surface area contributed by atoms with Crippen LogP contribution in [-0.4, -0.2) is 60.5 Å². The summed E-state index contributed by atoms with van der Waals surface area (Å²) < 4.78 is 0. The number of piperazine rings is 1. The van der Waals surface area contributed by atoms with Crippen molar-refractivity contribution in [2.24, 2.45) is 11.8 Å². The number of carbonyl (C=O) groups excluding carboxylic acids is 1. The first kappa shape index (κ1) is 19.3. The number of fused-ring (bicyclic) bond motifs is 2. The standard InChI is InChI=1S/C17H29N3O.2ClH/c21-17(12-15-2-1-5-18-15)20-8-6-19(7-9-20)16-11-13-3-4-14(16)10-13;;/h13-16,18H,1-12H2;2*1H. The van der Waals surface area contributed by atoms with E-state index in [4.69, 9.17) is 0 Å². The zero-order chi connectivity index (χ0) is 14.2. The molecule has 2 saturated carbocycles. The SMILES string of the molecule is Cl.Cl.O=C(CC1CCCN1)N1CCN(C2CC3CCC2C3)CC1. The van der Waals surface area contributed by atoms with Gasteiger partial charge in [0, 0.05) is 44.7 Å². The third kappa shape index (κ3) is 4.15. The van der Waals surface area contributed by atoms with E-state index in [1.54, 1.807) is 0 Å². The zero-order valence-corrected chi connectivity index (χ0v) is 15.5. The highest BCUT2D eigenvalue weighted by Gasteiger charge is 2.42. The van der Waals surface area contributed by atoms with Crippen molar-refractivity contribution in [1.82, 2.24) is 15.1 Å². The van der Waals surface area contributed by atoms with Gasteiger partial charge >= 0.3 is 0 Å². The number of nitrogens with one attached hydrogen (secondary N) is 1. The molecule has 0 aromatic heterocycles. The van der Waals surface area contributed by atoms with E-state index >= 15 is 0 Å². The lowest BCUT2D eigenvalue weighted by atomic mass is 9.93. The van der Waals surface area contributed by atoms with Crippen molar-refractivity contribution in [2.75, 3.05) is 32.7 Å². The van der Waals surface area contributed by atoms with Gasteiger partial charge in [0.1, 0.15) is 0 Å². The van der Waals surface area contributed by atoms with Crippen LogP contribution < -0.4 is 5.32 Å². The first-order valence-corrected chi connectivity index (χ1v) is 9.05. The molecule has 0 aromatic rings. The Balaban J connectivity index is 0.000000960. The average Bonchev–Trinajstić information content (AvgIpc) is 3.25. The number of rotatable bonds is 3. The Bertz CT molecular complexity index is 395. The molecule has 2 heterocycles. The number of amides is 1. The van der Waals surface area contributed by atoms with Gasteiger partial charge in [-0.25, -0.2) is 0 Å². The van der Waals surface area contributed by atoms with Crippen molar-refractivity contribution in [1.29, 1.82) is 0 Å². The third-order valence-electron chi connectivity index (χ3n) is 6.42. The molecule has 134 valence electrons. The van der Waals surface area contributed by atoms with E-state index in [9.17, 15) is 4.79 Å². The van der Waals surface area contributed by atoms with Crippen LogP contribution in [-0.2, 0) is 4.79 Å². The van der Waals surface area contributed by atoms with Gasteiger partial charge in [0.05, 0.1) is 0 Å². The van der Waals surface area contributed by atoms with Gasteiger partial charge in [0.15, 0.2) is 0 Å².